The highest BCUT2D eigenvalue weighted by Crippen LogP contribution is 2.14. The molecule has 0 radical (unpaired) electrons. The lowest BCUT2D eigenvalue weighted by molar-refractivity contribution is 0.0495. The Hall–Kier alpha value is -1.70. The van der Waals surface area contributed by atoms with Gasteiger partial charge in [0.05, 0.1) is 6.61 Å². The minimum Gasteiger partial charge on any atom is -0.461 e. The van der Waals surface area contributed by atoms with E-state index in [0.717, 1.165) is 12.8 Å². The number of imidazole rings is 1. The van der Waals surface area contributed by atoms with Crippen LogP contribution in [0, 0.1) is 6.92 Å². The number of halogens is 1. The Labute approximate surface area is 117 Å². The summed E-state index contributed by atoms with van der Waals surface area (Å²) in [5.41, 5.74) is -0.371. The predicted molar refractivity (Wildman–Crippen MR) is 71.2 cm³/mol. The van der Waals surface area contributed by atoms with Crippen molar-refractivity contribution in [3.8, 4) is 0 Å². The van der Waals surface area contributed by atoms with Gasteiger partial charge in [0.1, 0.15) is 5.82 Å². The second kappa shape index (κ2) is 5.52. The van der Waals surface area contributed by atoms with Gasteiger partial charge >= 0.3 is 5.97 Å². The van der Waals surface area contributed by atoms with Gasteiger partial charge in [0, 0.05) is 0 Å². The second-order valence-electron chi connectivity index (χ2n) is 4.02. The van der Waals surface area contributed by atoms with Crippen LogP contribution in [0.15, 0.2) is 9.53 Å². The third-order valence-electron chi connectivity index (χ3n) is 2.50. The number of aromatic nitrogens is 4. The average molecular weight is 329 g/mol. The van der Waals surface area contributed by atoms with Crippen molar-refractivity contribution in [2.24, 2.45) is 0 Å². The minimum absolute atomic E-state index is 0.0308. The number of esters is 1. The summed E-state index contributed by atoms with van der Waals surface area (Å²) in [5.74, 6) is -0.186. The highest BCUT2D eigenvalue weighted by atomic mass is 79.9. The third kappa shape index (κ3) is 2.67. The van der Waals surface area contributed by atoms with Crippen LogP contribution < -0.4 is 5.56 Å². The van der Waals surface area contributed by atoms with Gasteiger partial charge in [-0.05, 0) is 29.3 Å². The van der Waals surface area contributed by atoms with Crippen molar-refractivity contribution in [3.05, 3.63) is 26.6 Å². The van der Waals surface area contributed by atoms with Crippen LogP contribution in [0.25, 0.3) is 5.52 Å². The van der Waals surface area contributed by atoms with E-state index in [1.165, 1.54) is 4.52 Å². The van der Waals surface area contributed by atoms with Gasteiger partial charge in [-0.15, -0.1) is 0 Å². The molecule has 0 aliphatic rings. The zero-order valence-electron chi connectivity index (χ0n) is 10.6. The number of ether oxygens (including phenoxy) is 1. The number of carbonyl (C=O) groups excluding carboxylic acids is 1. The van der Waals surface area contributed by atoms with Crippen LogP contribution in [0.2, 0.25) is 0 Å². The summed E-state index contributed by atoms with van der Waals surface area (Å²) in [7, 11) is 0. The molecule has 0 saturated heterocycles. The number of fused-ring (bicyclic) bond motifs is 1. The van der Waals surface area contributed by atoms with Crippen molar-refractivity contribution in [1.29, 1.82) is 0 Å². The predicted octanol–water partition coefficient (Wildman–Crippen LogP) is 1.45. The van der Waals surface area contributed by atoms with Gasteiger partial charge in [-0.25, -0.2) is 9.78 Å². The Morgan fingerprint density at radius 3 is 2.95 bits per heavy atom. The minimum atomic E-state index is -0.618. The molecule has 7 nitrogen and oxygen atoms in total. The first kappa shape index (κ1) is 13.7. The average Bonchev–Trinajstić information content (AvgIpc) is 2.67. The van der Waals surface area contributed by atoms with Crippen molar-refractivity contribution < 1.29 is 9.53 Å². The molecule has 0 bridgehead atoms. The fourth-order valence-electron chi connectivity index (χ4n) is 1.60. The first-order valence-electron chi connectivity index (χ1n) is 5.87. The van der Waals surface area contributed by atoms with Gasteiger partial charge in [0.2, 0.25) is 0 Å². The molecule has 0 saturated carbocycles. The van der Waals surface area contributed by atoms with Crippen molar-refractivity contribution in [2.45, 2.75) is 26.7 Å². The van der Waals surface area contributed by atoms with E-state index in [1.54, 1.807) is 6.92 Å². The molecule has 8 heteroatoms. The van der Waals surface area contributed by atoms with Crippen LogP contribution in [0.4, 0.5) is 0 Å². The lowest BCUT2D eigenvalue weighted by atomic mass is 10.3. The lowest BCUT2D eigenvalue weighted by Crippen LogP contribution is -2.17. The van der Waals surface area contributed by atoms with Crippen molar-refractivity contribution >= 4 is 27.4 Å². The molecule has 0 amide bonds. The van der Waals surface area contributed by atoms with E-state index in [-0.39, 0.29) is 11.2 Å². The van der Waals surface area contributed by atoms with E-state index in [2.05, 4.69) is 31.0 Å². The molecule has 0 unspecified atom stereocenters. The topological polar surface area (TPSA) is 89.3 Å². The van der Waals surface area contributed by atoms with E-state index >= 15 is 0 Å². The fourth-order valence-corrected chi connectivity index (χ4v) is 2.03. The molecule has 0 aliphatic heterocycles. The summed E-state index contributed by atoms with van der Waals surface area (Å²) in [6.07, 6.45) is 1.69. The number of carbonyl (C=O) groups is 1. The van der Waals surface area contributed by atoms with Crippen LogP contribution in [0.3, 0.4) is 0 Å². The summed E-state index contributed by atoms with van der Waals surface area (Å²) in [5, 5.41) is 4.08. The number of H-pyrrole nitrogens is 1. The molecule has 19 heavy (non-hydrogen) atoms. The monoisotopic (exact) mass is 328 g/mol. The summed E-state index contributed by atoms with van der Waals surface area (Å²) >= 11 is 3.16. The molecule has 2 heterocycles. The van der Waals surface area contributed by atoms with Crippen molar-refractivity contribution in [2.75, 3.05) is 6.61 Å². The highest BCUT2D eigenvalue weighted by molar-refractivity contribution is 9.10. The maximum absolute atomic E-state index is 11.9. The number of unbranched alkanes of at least 4 members (excludes halogenated alkanes) is 1. The number of nitrogens with zero attached hydrogens (tertiary/aromatic N) is 3. The fraction of sp³-hybridized carbons (Fsp3) is 0.455. The van der Waals surface area contributed by atoms with Crippen LogP contribution in [0.1, 0.15) is 36.1 Å². The molecule has 2 aromatic heterocycles. The van der Waals surface area contributed by atoms with Gasteiger partial charge in [0.15, 0.2) is 15.9 Å². The Kier molecular flexibility index (Phi) is 3.98. The van der Waals surface area contributed by atoms with E-state index in [0.29, 0.717) is 17.2 Å². The van der Waals surface area contributed by atoms with Crippen LogP contribution in [-0.4, -0.2) is 32.2 Å². The largest absolute Gasteiger partial charge is 0.461 e. The van der Waals surface area contributed by atoms with E-state index in [9.17, 15) is 9.59 Å². The van der Waals surface area contributed by atoms with Crippen LogP contribution in [-0.2, 0) is 4.74 Å². The zero-order chi connectivity index (χ0) is 14.0. The van der Waals surface area contributed by atoms with Crippen molar-refractivity contribution in [1.82, 2.24) is 19.6 Å². The molecule has 102 valence electrons. The number of aryl methyl sites for hydroxylation is 1. The maximum Gasteiger partial charge on any atom is 0.359 e. The molecule has 2 rings (SSSR count). The highest BCUT2D eigenvalue weighted by Gasteiger charge is 2.21. The van der Waals surface area contributed by atoms with Gasteiger partial charge in [-0.1, -0.05) is 13.3 Å². The third-order valence-corrected chi connectivity index (χ3v) is 3.01. The molecule has 0 fully saturated rings. The summed E-state index contributed by atoms with van der Waals surface area (Å²) in [4.78, 5) is 30.3. The van der Waals surface area contributed by atoms with E-state index < -0.39 is 11.5 Å². The molecule has 2 aromatic rings. The summed E-state index contributed by atoms with van der Waals surface area (Å²) in [6.45, 7) is 3.95. The molecule has 0 spiro atoms. The summed E-state index contributed by atoms with van der Waals surface area (Å²) < 4.78 is 6.63. The molecule has 0 aromatic carbocycles. The lowest BCUT2D eigenvalue weighted by Gasteiger charge is -2.01. The number of hydrogen-bond donors (Lipinski definition) is 1. The Morgan fingerprint density at radius 1 is 1.53 bits per heavy atom. The number of nitrogens with one attached hydrogen (secondary N) is 1. The SMILES string of the molecule is CCCCOC(=O)c1nc(Br)n2nc(C)[nH]c(=O)c12. The number of aromatic amines is 1. The van der Waals surface area contributed by atoms with Gasteiger partial charge < -0.3 is 9.72 Å². The maximum atomic E-state index is 11.9. The Bertz CT molecular complexity index is 676. The summed E-state index contributed by atoms with van der Waals surface area (Å²) in [6, 6.07) is 0. The zero-order valence-corrected chi connectivity index (χ0v) is 12.2. The molecular formula is C11H13BrN4O3. The van der Waals surface area contributed by atoms with Gasteiger partial charge in [-0.3, -0.25) is 4.79 Å². The molecule has 0 aliphatic carbocycles. The quantitative estimate of drug-likeness (QED) is 0.677. The number of hydrogen-bond acceptors (Lipinski definition) is 5. The van der Waals surface area contributed by atoms with Gasteiger partial charge in [0.25, 0.3) is 5.56 Å². The molecule has 0 atom stereocenters. The van der Waals surface area contributed by atoms with E-state index in [1.807, 2.05) is 6.92 Å². The first-order valence-corrected chi connectivity index (χ1v) is 6.66. The first-order chi connectivity index (χ1) is 9.04. The van der Waals surface area contributed by atoms with Gasteiger partial charge in [-0.2, -0.15) is 9.61 Å². The molecule has 1 N–H and O–H groups in total. The smallest absolute Gasteiger partial charge is 0.359 e. The Balaban J connectivity index is 2.44. The second-order valence-corrected chi connectivity index (χ2v) is 4.73. The normalized spacial score (nSPS) is 10.9. The van der Waals surface area contributed by atoms with Crippen molar-refractivity contribution in [3.63, 3.8) is 0 Å². The Morgan fingerprint density at radius 2 is 2.26 bits per heavy atom. The molecular weight excluding hydrogens is 316 g/mol. The number of rotatable bonds is 4. The standard InChI is InChI=1S/C11H13BrN4O3/c1-3-4-5-19-10(18)7-8-9(17)13-6(2)15-16(8)11(12)14-7/h3-5H2,1-2H3,(H,13,15,17). The van der Waals surface area contributed by atoms with Crippen LogP contribution >= 0.6 is 15.9 Å². The van der Waals surface area contributed by atoms with E-state index in [4.69, 9.17) is 4.74 Å². The van der Waals surface area contributed by atoms with Crippen LogP contribution in [0.5, 0.6) is 0 Å².